The van der Waals surface area contributed by atoms with Crippen molar-refractivity contribution < 1.29 is 14.2 Å². The zero-order valence-corrected chi connectivity index (χ0v) is 11.2. The Balaban J connectivity index is 2.38. The molecule has 5 nitrogen and oxygen atoms in total. The minimum absolute atomic E-state index is 0.344. The van der Waals surface area contributed by atoms with Crippen LogP contribution in [-0.2, 0) is 11.3 Å². The first-order chi connectivity index (χ1) is 9.17. The Labute approximate surface area is 112 Å². The third-order valence-corrected chi connectivity index (χ3v) is 2.44. The average molecular weight is 269 g/mol. The number of hydrogen-bond donors (Lipinski definition) is 3. The maximum atomic E-state index is 13.1. The van der Waals surface area contributed by atoms with E-state index in [2.05, 4.69) is 15.6 Å². The zero-order valence-electron chi connectivity index (χ0n) is 11.2. The number of rotatable bonds is 6. The minimum atomic E-state index is -0.626. The Morgan fingerprint density at radius 2 is 2.21 bits per heavy atom. The second-order valence-electron chi connectivity index (χ2n) is 3.84. The molecule has 1 rings (SSSR count). The van der Waals surface area contributed by atoms with Crippen molar-refractivity contribution in [2.24, 2.45) is 4.99 Å². The molecule has 1 aromatic carbocycles. The SMILES string of the molecule is CCOCCNC(=NC)NCc1ccc(O)c(F)c1. The van der Waals surface area contributed by atoms with Gasteiger partial charge in [0, 0.05) is 26.7 Å². The van der Waals surface area contributed by atoms with Crippen molar-refractivity contribution in [2.75, 3.05) is 26.8 Å². The smallest absolute Gasteiger partial charge is 0.191 e. The van der Waals surface area contributed by atoms with Crippen LogP contribution in [0.25, 0.3) is 0 Å². The van der Waals surface area contributed by atoms with Crippen molar-refractivity contribution in [3.63, 3.8) is 0 Å². The van der Waals surface area contributed by atoms with Crippen LogP contribution in [0.5, 0.6) is 5.75 Å². The van der Waals surface area contributed by atoms with Crippen LogP contribution in [0.2, 0.25) is 0 Å². The van der Waals surface area contributed by atoms with Crippen molar-refractivity contribution in [3.8, 4) is 5.75 Å². The summed E-state index contributed by atoms with van der Waals surface area (Å²) in [5.74, 6) is -0.352. The fourth-order valence-corrected chi connectivity index (χ4v) is 1.45. The molecule has 19 heavy (non-hydrogen) atoms. The van der Waals surface area contributed by atoms with E-state index >= 15 is 0 Å². The van der Waals surface area contributed by atoms with Crippen molar-refractivity contribution >= 4 is 5.96 Å². The van der Waals surface area contributed by atoms with Gasteiger partial charge in [0.15, 0.2) is 17.5 Å². The van der Waals surface area contributed by atoms with Crippen LogP contribution in [0.1, 0.15) is 12.5 Å². The molecule has 0 saturated heterocycles. The second kappa shape index (κ2) is 8.31. The van der Waals surface area contributed by atoms with Crippen molar-refractivity contribution in [3.05, 3.63) is 29.6 Å². The van der Waals surface area contributed by atoms with Crippen LogP contribution in [0.3, 0.4) is 0 Å². The van der Waals surface area contributed by atoms with Crippen LogP contribution in [0.4, 0.5) is 4.39 Å². The third-order valence-electron chi connectivity index (χ3n) is 2.44. The molecule has 0 atom stereocenters. The number of nitrogens with one attached hydrogen (secondary N) is 2. The lowest BCUT2D eigenvalue weighted by Gasteiger charge is -2.12. The number of halogens is 1. The molecule has 0 unspecified atom stereocenters. The lowest BCUT2D eigenvalue weighted by molar-refractivity contribution is 0.152. The normalized spacial score (nSPS) is 11.4. The maximum Gasteiger partial charge on any atom is 0.191 e. The summed E-state index contributed by atoms with van der Waals surface area (Å²) in [4.78, 5) is 4.04. The number of nitrogens with zero attached hydrogens (tertiary/aromatic N) is 1. The molecule has 106 valence electrons. The standard InChI is InChI=1S/C13H20FN3O2/c1-3-19-7-6-16-13(15-2)17-9-10-4-5-12(18)11(14)8-10/h4-5,8,18H,3,6-7,9H2,1-2H3,(H2,15,16,17). The molecule has 0 spiro atoms. The van der Waals surface area contributed by atoms with Gasteiger partial charge in [-0.1, -0.05) is 6.07 Å². The topological polar surface area (TPSA) is 65.9 Å². The quantitative estimate of drug-likeness (QED) is 0.413. The summed E-state index contributed by atoms with van der Waals surface area (Å²) in [7, 11) is 1.66. The highest BCUT2D eigenvalue weighted by atomic mass is 19.1. The van der Waals surface area contributed by atoms with Crippen molar-refractivity contribution in [1.29, 1.82) is 0 Å². The molecule has 0 saturated carbocycles. The molecule has 1 aromatic rings. The summed E-state index contributed by atoms with van der Waals surface area (Å²) in [6.07, 6.45) is 0. The zero-order chi connectivity index (χ0) is 14.1. The highest BCUT2D eigenvalue weighted by Gasteiger charge is 2.02. The Bertz CT molecular complexity index is 424. The molecule has 0 aliphatic carbocycles. The second-order valence-corrected chi connectivity index (χ2v) is 3.84. The lowest BCUT2D eigenvalue weighted by Crippen LogP contribution is -2.38. The fraction of sp³-hybridized carbons (Fsp3) is 0.462. The first-order valence-electron chi connectivity index (χ1n) is 6.17. The minimum Gasteiger partial charge on any atom is -0.505 e. The van der Waals surface area contributed by atoms with Gasteiger partial charge in [0.2, 0.25) is 0 Å². The number of phenolic OH excluding ortho intramolecular Hbond substituents is 1. The number of phenols is 1. The van der Waals surface area contributed by atoms with E-state index < -0.39 is 5.82 Å². The maximum absolute atomic E-state index is 13.1. The van der Waals surface area contributed by atoms with Crippen LogP contribution < -0.4 is 10.6 Å². The Morgan fingerprint density at radius 1 is 1.42 bits per heavy atom. The molecular weight excluding hydrogens is 249 g/mol. The number of hydrogen-bond acceptors (Lipinski definition) is 3. The number of aliphatic imine (C=N–C) groups is 1. The summed E-state index contributed by atoms with van der Waals surface area (Å²) in [6.45, 7) is 4.29. The molecule has 0 fully saturated rings. The lowest BCUT2D eigenvalue weighted by atomic mass is 10.2. The fourth-order valence-electron chi connectivity index (χ4n) is 1.45. The summed E-state index contributed by atoms with van der Waals surface area (Å²) >= 11 is 0. The van der Waals surface area contributed by atoms with Gasteiger partial charge in [0.1, 0.15) is 0 Å². The number of guanidine groups is 1. The van der Waals surface area contributed by atoms with E-state index in [0.29, 0.717) is 32.3 Å². The predicted molar refractivity (Wildman–Crippen MR) is 72.8 cm³/mol. The van der Waals surface area contributed by atoms with Crippen molar-refractivity contribution in [1.82, 2.24) is 10.6 Å². The number of ether oxygens (including phenoxy) is 1. The summed E-state index contributed by atoms with van der Waals surface area (Å²) in [6, 6.07) is 4.27. The Morgan fingerprint density at radius 3 is 2.84 bits per heavy atom. The molecule has 0 bridgehead atoms. The van der Waals surface area contributed by atoms with Crippen LogP contribution in [0.15, 0.2) is 23.2 Å². The third kappa shape index (κ3) is 5.56. The van der Waals surface area contributed by atoms with Gasteiger partial charge in [-0.3, -0.25) is 4.99 Å². The molecular formula is C13H20FN3O2. The van der Waals surface area contributed by atoms with E-state index in [1.165, 1.54) is 12.1 Å². The van der Waals surface area contributed by atoms with E-state index in [4.69, 9.17) is 9.84 Å². The monoisotopic (exact) mass is 269 g/mol. The van der Waals surface area contributed by atoms with E-state index in [9.17, 15) is 4.39 Å². The number of benzene rings is 1. The van der Waals surface area contributed by atoms with Gasteiger partial charge in [-0.25, -0.2) is 4.39 Å². The highest BCUT2D eigenvalue weighted by Crippen LogP contribution is 2.15. The van der Waals surface area contributed by atoms with Gasteiger partial charge in [0.05, 0.1) is 6.61 Å². The van der Waals surface area contributed by atoms with Gasteiger partial charge in [0.25, 0.3) is 0 Å². The molecule has 0 radical (unpaired) electrons. The molecule has 0 aliphatic heterocycles. The van der Waals surface area contributed by atoms with Gasteiger partial charge in [-0.15, -0.1) is 0 Å². The van der Waals surface area contributed by atoms with Crippen molar-refractivity contribution in [2.45, 2.75) is 13.5 Å². The van der Waals surface area contributed by atoms with Gasteiger partial charge in [-0.2, -0.15) is 0 Å². The molecule has 0 aromatic heterocycles. The van der Waals surface area contributed by atoms with Crippen LogP contribution >= 0.6 is 0 Å². The highest BCUT2D eigenvalue weighted by molar-refractivity contribution is 5.79. The van der Waals surface area contributed by atoms with Gasteiger partial charge in [-0.05, 0) is 24.6 Å². The predicted octanol–water partition coefficient (Wildman–Crippen LogP) is 1.23. The Kier molecular flexibility index (Phi) is 6.67. The summed E-state index contributed by atoms with van der Waals surface area (Å²) < 4.78 is 18.3. The van der Waals surface area contributed by atoms with Crippen LogP contribution in [0, 0.1) is 5.82 Å². The van der Waals surface area contributed by atoms with E-state index in [1.54, 1.807) is 13.1 Å². The number of aromatic hydroxyl groups is 1. The molecule has 3 N–H and O–H groups in total. The summed E-state index contributed by atoms with van der Waals surface area (Å²) in [5, 5.41) is 15.2. The van der Waals surface area contributed by atoms with E-state index in [1.807, 2.05) is 6.92 Å². The molecule has 0 aliphatic rings. The molecule has 6 heteroatoms. The largest absolute Gasteiger partial charge is 0.505 e. The van der Waals surface area contributed by atoms with E-state index in [-0.39, 0.29) is 5.75 Å². The molecule has 0 amide bonds. The molecule has 0 heterocycles. The average Bonchev–Trinajstić information content (AvgIpc) is 2.42. The first kappa shape index (κ1) is 15.2. The van der Waals surface area contributed by atoms with Gasteiger partial charge < -0.3 is 20.5 Å². The Hall–Kier alpha value is -1.82. The summed E-state index contributed by atoms with van der Waals surface area (Å²) in [5.41, 5.74) is 0.725. The van der Waals surface area contributed by atoms with E-state index in [0.717, 1.165) is 5.56 Å². The first-order valence-corrected chi connectivity index (χ1v) is 6.17. The van der Waals surface area contributed by atoms with Gasteiger partial charge >= 0.3 is 0 Å². The van der Waals surface area contributed by atoms with Crippen LogP contribution in [-0.4, -0.2) is 37.9 Å².